The first kappa shape index (κ1) is 19.5. The van der Waals surface area contributed by atoms with Gasteiger partial charge in [0.15, 0.2) is 5.17 Å². The minimum Gasteiger partial charge on any atom is -0.362 e. The maximum absolute atomic E-state index is 14.4. The van der Waals surface area contributed by atoms with Gasteiger partial charge in [-0.15, -0.1) is 0 Å². The van der Waals surface area contributed by atoms with Gasteiger partial charge in [0.1, 0.15) is 0 Å². The second-order valence-electron chi connectivity index (χ2n) is 6.53. The Kier molecular flexibility index (Phi) is 5.10. The molecule has 1 aliphatic rings. The lowest BCUT2D eigenvalue weighted by Gasteiger charge is -2.38. The molecule has 1 heterocycles. The average Bonchev–Trinajstić information content (AvgIpc) is 3.03. The summed E-state index contributed by atoms with van der Waals surface area (Å²) in [7, 11) is 0. The summed E-state index contributed by atoms with van der Waals surface area (Å²) in [4.78, 5) is 5.34. The summed E-state index contributed by atoms with van der Waals surface area (Å²) >= 11 is 0.901. The SMILES string of the molecule is OC1(C(F)(F)F)C(c2ccccc2)SC(=Nc2ccccc2)N1c1ccccc1. The van der Waals surface area contributed by atoms with Gasteiger partial charge in [0.25, 0.3) is 5.72 Å². The van der Waals surface area contributed by atoms with Crippen molar-refractivity contribution < 1.29 is 18.3 Å². The highest BCUT2D eigenvalue weighted by Gasteiger charge is 2.68. The summed E-state index contributed by atoms with van der Waals surface area (Å²) in [5.41, 5.74) is -2.06. The molecule has 29 heavy (non-hydrogen) atoms. The van der Waals surface area contributed by atoms with Crippen LogP contribution in [0.2, 0.25) is 0 Å². The molecule has 1 saturated heterocycles. The van der Waals surface area contributed by atoms with Crippen LogP contribution in [0.1, 0.15) is 10.8 Å². The van der Waals surface area contributed by atoms with Crippen LogP contribution in [0, 0.1) is 0 Å². The predicted octanol–water partition coefficient (Wildman–Crippen LogP) is 5.92. The molecule has 3 aromatic rings. The van der Waals surface area contributed by atoms with E-state index >= 15 is 0 Å². The van der Waals surface area contributed by atoms with Crippen LogP contribution in [-0.4, -0.2) is 22.2 Å². The summed E-state index contributed by atoms with van der Waals surface area (Å²) in [6.07, 6.45) is -4.93. The quantitative estimate of drug-likeness (QED) is 0.578. The molecule has 3 nitrogen and oxygen atoms in total. The van der Waals surface area contributed by atoms with Gasteiger partial charge < -0.3 is 5.11 Å². The number of thioether (sulfide) groups is 1. The van der Waals surface area contributed by atoms with Crippen molar-refractivity contribution in [2.24, 2.45) is 4.99 Å². The van der Waals surface area contributed by atoms with Crippen LogP contribution in [-0.2, 0) is 0 Å². The smallest absolute Gasteiger partial charge is 0.362 e. The van der Waals surface area contributed by atoms with Crippen LogP contribution in [0.15, 0.2) is 96.0 Å². The molecule has 7 heteroatoms. The molecule has 0 bridgehead atoms. The highest BCUT2D eigenvalue weighted by Crippen LogP contribution is 2.57. The standard InChI is InChI=1S/C22H17F3N2OS/c23-22(24,25)21(28)19(16-10-4-1-5-11-16)29-20(26-17-12-6-2-7-13-17)27(21)18-14-8-3-9-15-18/h1-15,19,28H. The van der Waals surface area contributed by atoms with E-state index in [4.69, 9.17) is 0 Å². The van der Waals surface area contributed by atoms with Gasteiger partial charge in [-0.05, 0) is 29.8 Å². The normalized spacial score (nSPS) is 23.5. The van der Waals surface area contributed by atoms with Crippen LogP contribution in [0.25, 0.3) is 0 Å². The molecular weight excluding hydrogens is 397 g/mol. The molecule has 0 amide bonds. The molecule has 0 radical (unpaired) electrons. The molecule has 2 atom stereocenters. The third-order valence-corrected chi connectivity index (χ3v) is 5.96. The molecule has 148 valence electrons. The highest BCUT2D eigenvalue weighted by molar-refractivity contribution is 8.14. The number of hydrogen-bond acceptors (Lipinski definition) is 3. The average molecular weight is 414 g/mol. The maximum Gasteiger partial charge on any atom is 0.438 e. The molecule has 1 aliphatic heterocycles. The van der Waals surface area contributed by atoms with Crippen molar-refractivity contribution in [3.8, 4) is 0 Å². The summed E-state index contributed by atoms with van der Waals surface area (Å²) in [6.45, 7) is 0. The zero-order valence-electron chi connectivity index (χ0n) is 15.1. The fraction of sp³-hybridized carbons (Fsp3) is 0.136. The van der Waals surface area contributed by atoms with Crippen molar-refractivity contribution in [3.63, 3.8) is 0 Å². The number of anilines is 1. The van der Waals surface area contributed by atoms with E-state index in [9.17, 15) is 18.3 Å². The molecule has 2 unspecified atom stereocenters. The number of aliphatic imine (C=N–C) groups is 1. The Hall–Kier alpha value is -2.77. The van der Waals surface area contributed by atoms with Gasteiger partial charge in [0, 0.05) is 5.69 Å². The van der Waals surface area contributed by atoms with Gasteiger partial charge in [-0.2, -0.15) is 13.2 Å². The van der Waals surface area contributed by atoms with E-state index in [0.717, 1.165) is 16.7 Å². The lowest BCUT2D eigenvalue weighted by molar-refractivity contribution is -0.254. The van der Waals surface area contributed by atoms with Crippen LogP contribution in [0.4, 0.5) is 24.5 Å². The Morgan fingerprint density at radius 1 is 0.828 bits per heavy atom. The molecule has 0 saturated carbocycles. The van der Waals surface area contributed by atoms with Crippen LogP contribution < -0.4 is 4.90 Å². The highest BCUT2D eigenvalue weighted by atomic mass is 32.2. The summed E-state index contributed by atoms with van der Waals surface area (Å²) < 4.78 is 43.1. The maximum atomic E-state index is 14.4. The number of rotatable bonds is 3. The van der Waals surface area contributed by atoms with Gasteiger partial charge in [-0.1, -0.05) is 78.5 Å². The van der Waals surface area contributed by atoms with Gasteiger partial charge in [0.05, 0.1) is 10.9 Å². The number of aliphatic hydroxyl groups is 1. The third kappa shape index (κ3) is 3.52. The molecule has 0 aromatic heterocycles. The van der Waals surface area contributed by atoms with Crippen molar-refractivity contribution in [2.45, 2.75) is 17.2 Å². The van der Waals surface area contributed by atoms with Gasteiger partial charge in [-0.25, -0.2) is 4.99 Å². The molecule has 0 spiro atoms. The van der Waals surface area contributed by atoms with E-state index in [1.165, 1.54) is 12.1 Å². The van der Waals surface area contributed by atoms with Crippen LogP contribution >= 0.6 is 11.8 Å². The van der Waals surface area contributed by atoms with E-state index in [1.54, 1.807) is 78.9 Å². The van der Waals surface area contributed by atoms with Crippen molar-refractivity contribution in [2.75, 3.05) is 4.90 Å². The van der Waals surface area contributed by atoms with Gasteiger partial charge >= 0.3 is 6.18 Å². The van der Waals surface area contributed by atoms with Crippen LogP contribution in [0.5, 0.6) is 0 Å². The Bertz CT molecular complexity index is 997. The zero-order chi connectivity index (χ0) is 20.5. The second kappa shape index (κ2) is 7.57. The van der Waals surface area contributed by atoms with Crippen LogP contribution in [0.3, 0.4) is 0 Å². The van der Waals surface area contributed by atoms with Crippen molar-refractivity contribution >= 4 is 28.3 Å². The molecule has 3 aromatic carbocycles. The Morgan fingerprint density at radius 3 is 1.90 bits per heavy atom. The fourth-order valence-electron chi connectivity index (χ4n) is 3.28. The number of amidine groups is 1. The number of alkyl halides is 3. The van der Waals surface area contributed by atoms with Gasteiger partial charge in [0.2, 0.25) is 0 Å². The zero-order valence-corrected chi connectivity index (χ0v) is 15.9. The van der Waals surface area contributed by atoms with Crippen molar-refractivity contribution in [1.29, 1.82) is 0 Å². The minimum absolute atomic E-state index is 0.0797. The fourth-order valence-corrected chi connectivity index (χ4v) is 4.70. The number of benzene rings is 3. The van der Waals surface area contributed by atoms with Crippen molar-refractivity contribution in [1.82, 2.24) is 0 Å². The Labute approximate surface area is 170 Å². The summed E-state index contributed by atoms with van der Waals surface area (Å²) in [5.74, 6) is 0. The molecule has 1 fully saturated rings. The minimum atomic E-state index is -4.93. The monoisotopic (exact) mass is 414 g/mol. The number of halogens is 3. The molecule has 4 rings (SSSR count). The Morgan fingerprint density at radius 2 is 1.34 bits per heavy atom. The lowest BCUT2D eigenvalue weighted by atomic mass is 9.99. The molecule has 0 aliphatic carbocycles. The van der Waals surface area contributed by atoms with E-state index in [1.807, 2.05) is 0 Å². The van der Waals surface area contributed by atoms with E-state index in [2.05, 4.69) is 4.99 Å². The van der Waals surface area contributed by atoms with E-state index in [-0.39, 0.29) is 10.9 Å². The largest absolute Gasteiger partial charge is 0.438 e. The Balaban J connectivity index is 1.93. The number of hydrogen-bond donors (Lipinski definition) is 1. The topological polar surface area (TPSA) is 35.8 Å². The molecular formula is C22H17F3N2OS. The van der Waals surface area contributed by atoms with E-state index in [0.29, 0.717) is 11.3 Å². The lowest BCUT2D eigenvalue weighted by Crippen LogP contribution is -2.59. The van der Waals surface area contributed by atoms with Gasteiger partial charge in [-0.3, -0.25) is 4.90 Å². The number of para-hydroxylation sites is 2. The summed E-state index contributed by atoms with van der Waals surface area (Å²) in [6, 6.07) is 25.0. The second-order valence-corrected chi connectivity index (χ2v) is 7.61. The summed E-state index contributed by atoms with van der Waals surface area (Å²) in [5, 5.41) is 9.98. The third-order valence-electron chi connectivity index (χ3n) is 4.64. The molecule has 1 N–H and O–H groups in total. The first-order valence-electron chi connectivity index (χ1n) is 8.91. The first-order chi connectivity index (χ1) is 13.9. The van der Waals surface area contributed by atoms with Crippen molar-refractivity contribution in [3.05, 3.63) is 96.6 Å². The first-order valence-corrected chi connectivity index (χ1v) is 9.79. The number of nitrogens with zero attached hydrogens (tertiary/aromatic N) is 2. The van der Waals surface area contributed by atoms with E-state index < -0.39 is 17.2 Å². The predicted molar refractivity (Wildman–Crippen MR) is 110 cm³/mol.